The van der Waals surface area contributed by atoms with E-state index in [2.05, 4.69) is 10.6 Å². The number of phenolic OH excluding ortho intramolecular Hbond substituents is 1. The molecule has 1 aromatic rings. The van der Waals surface area contributed by atoms with E-state index in [1.54, 1.807) is 50.8 Å². The SMILES string of the molecule is CCCCNC(=O)C(c1ccc(O)c(C)c1)N(CCCC)C(=O)C(NC(=O)OC(C)(C)C)C(C)CC. The molecule has 0 saturated heterocycles. The summed E-state index contributed by atoms with van der Waals surface area (Å²) in [6.07, 6.45) is 3.26. The molecule has 0 spiro atoms. The highest BCUT2D eigenvalue weighted by atomic mass is 16.6. The van der Waals surface area contributed by atoms with Crippen molar-refractivity contribution in [1.82, 2.24) is 15.5 Å². The number of benzene rings is 1. The second kappa shape index (κ2) is 14.7. The van der Waals surface area contributed by atoms with Gasteiger partial charge in [-0.3, -0.25) is 9.59 Å². The van der Waals surface area contributed by atoms with Gasteiger partial charge in [-0.1, -0.05) is 53.0 Å². The molecule has 3 N–H and O–H groups in total. The minimum absolute atomic E-state index is 0.124. The molecule has 0 heterocycles. The maximum Gasteiger partial charge on any atom is 0.408 e. The number of nitrogens with one attached hydrogen (secondary N) is 2. The fourth-order valence-electron chi connectivity index (χ4n) is 3.80. The Morgan fingerprint density at radius 3 is 2.25 bits per heavy atom. The minimum Gasteiger partial charge on any atom is -0.508 e. The molecule has 0 radical (unpaired) electrons. The van der Waals surface area contributed by atoms with Gasteiger partial charge in [0.2, 0.25) is 11.8 Å². The number of phenols is 1. The molecule has 0 bridgehead atoms. The van der Waals surface area contributed by atoms with Crippen molar-refractivity contribution in [2.24, 2.45) is 5.92 Å². The summed E-state index contributed by atoms with van der Waals surface area (Å²) in [5, 5.41) is 15.8. The Balaban J connectivity index is 3.50. The Kier molecular flexibility index (Phi) is 12.8. The third-order valence-corrected chi connectivity index (χ3v) is 6.11. The molecule has 8 heteroatoms. The first-order chi connectivity index (χ1) is 16.9. The molecule has 1 rings (SSSR count). The van der Waals surface area contributed by atoms with Crippen LogP contribution >= 0.6 is 0 Å². The number of carbonyl (C=O) groups is 3. The van der Waals surface area contributed by atoms with Gasteiger partial charge in [-0.05, 0) is 69.7 Å². The van der Waals surface area contributed by atoms with E-state index in [0.717, 1.165) is 19.3 Å². The lowest BCUT2D eigenvalue weighted by Crippen LogP contribution is -2.55. The Morgan fingerprint density at radius 1 is 1.08 bits per heavy atom. The third kappa shape index (κ3) is 9.70. The van der Waals surface area contributed by atoms with Crippen molar-refractivity contribution in [3.8, 4) is 5.75 Å². The summed E-state index contributed by atoms with van der Waals surface area (Å²) in [6, 6.07) is 3.21. The van der Waals surface area contributed by atoms with E-state index >= 15 is 0 Å². The number of rotatable bonds is 13. The zero-order valence-corrected chi connectivity index (χ0v) is 23.4. The normalized spacial score (nSPS) is 13.9. The summed E-state index contributed by atoms with van der Waals surface area (Å²) in [4.78, 5) is 41.8. The van der Waals surface area contributed by atoms with Crippen LogP contribution in [0.5, 0.6) is 5.75 Å². The van der Waals surface area contributed by atoms with E-state index in [-0.39, 0.29) is 23.5 Å². The molecule has 36 heavy (non-hydrogen) atoms. The Hall–Kier alpha value is -2.77. The largest absolute Gasteiger partial charge is 0.508 e. The topological polar surface area (TPSA) is 108 Å². The van der Waals surface area contributed by atoms with Crippen LogP contribution < -0.4 is 10.6 Å². The molecule has 3 unspecified atom stereocenters. The molecule has 3 amide bonds. The smallest absolute Gasteiger partial charge is 0.408 e. The predicted octanol–water partition coefficient (Wildman–Crippen LogP) is 5.23. The highest BCUT2D eigenvalue weighted by molar-refractivity contribution is 5.92. The van der Waals surface area contributed by atoms with Crippen LogP contribution in [0, 0.1) is 12.8 Å². The van der Waals surface area contributed by atoms with Crippen LogP contribution in [0.3, 0.4) is 0 Å². The lowest BCUT2D eigenvalue weighted by atomic mass is 9.95. The number of ether oxygens (including phenoxy) is 1. The molecule has 0 saturated carbocycles. The Morgan fingerprint density at radius 2 is 1.72 bits per heavy atom. The average Bonchev–Trinajstić information content (AvgIpc) is 2.80. The van der Waals surface area contributed by atoms with Crippen LogP contribution in [-0.4, -0.2) is 52.6 Å². The number of carbonyl (C=O) groups excluding carboxylic acids is 3. The van der Waals surface area contributed by atoms with Gasteiger partial charge in [0.05, 0.1) is 0 Å². The molecule has 3 atom stereocenters. The lowest BCUT2D eigenvalue weighted by molar-refractivity contribution is -0.143. The zero-order valence-electron chi connectivity index (χ0n) is 23.4. The number of nitrogens with zero attached hydrogens (tertiary/aromatic N) is 1. The maximum absolute atomic E-state index is 14.1. The van der Waals surface area contributed by atoms with Crippen LogP contribution in [0.25, 0.3) is 0 Å². The van der Waals surface area contributed by atoms with Gasteiger partial charge in [0.1, 0.15) is 23.4 Å². The molecule has 0 aliphatic rings. The Labute approximate surface area is 217 Å². The molecule has 0 aromatic heterocycles. The molecule has 0 aliphatic carbocycles. The van der Waals surface area contributed by atoms with Gasteiger partial charge in [-0.25, -0.2) is 4.79 Å². The van der Waals surface area contributed by atoms with Crippen LogP contribution in [0.15, 0.2) is 18.2 Å². The number of hydrogen-bond acceptors (Lipinski definition) is 5. The number of aromatic hydroxyl groups is 1. The van der Waals surface area contributed by atoms with Crippen molar-refractivity contribution >= 4 is 17.9 Å². The van der Waals surface area contributed by atoms with Gasteiger partial charge in [0.15, 0.2) is 0 Å². The Bertz CT molecular complexity index is 865. The number of hydrogen-bond donors (Lipinski definition) is 3. The van der Waals surface area contributed by atoms with Gasteiger partial charge in [0, 0.05) is 13.1 Å². The molecule has 204 valence electrons. The van der Waals surface area contributed by atoms with E-state index in [9.17, 15) is 19.5 Å². The summed E-state index contributed by atoms with van der Waals surface area (Å²) in [5.74, 6) is -0.665. The highest BCUT2D eigenvalue weighted by Crippen LogP contribution is 2.28. The first-order valence-electron chi connectivity index (χ1n) is 13.2. The van der Waals surface area contributed by atoms with Crippen molar-refractivity contribution in [1.29, 1.82) is 0 Å². The van der Waals surface area contributed by atoms with Gasteiger partial charge in [0.25, 0.3) is 0 Å². The monoisotopic (exact) mass is 505 g/mol. The fraction of sp³-hybridized carbons (Fsp3) is 0.679. The van der Waals surface area contributed by atoms with Gasteiger partial charge in [-0.15, -0.1) is 0 Å². The van der Waals surface area contributed by atoms with Gasteiger partial charge >= 0.3 is 6.09 Å². The average molecular weight is 506 g/mol. The molecular formula is C28H47N3O5. The molecule has 1 aromatic carbocycles. The van der Waals surface area contributed by atoms with Crippen LogP contribution in [-0.2, 0) is 14.3 Å². The quantitative estimate of drug-likeness (QED) is 0.318. The van der Waals surface area contributed by atoms with Crippen LogP contribution in [0.2, 0.25) is 0 Å². The number of alkyl carbamates (subject to hydrolysis) is 1. The van der Waals surface area contributed by atoms with Crippen molar-refractivity contribution in [2.75, 3.05) is 13.1 Å². The summed E-state index contributed by atoms with van der Waals surface area (Å²) in [7, 11) is 0. The standard InChI is InChI=1S/C28H47N3O5/c1-9-12-16-29-25(33)24(21-14-15-22(32)20(5)18-21)31(17-13-10-2)26(34)23(19(4)11-3)30-27(35)36-28(6,7)8/h14-15,18-19,23-24,32H,9-13,16-17H2,1-8H3,(H,29,33)(H,30,35). The highest BCUT2D eigenvalue weighted by Gasteiger charge is 2.37. The zero-order chi connectivity index (χ0) is 27.5. The summed E-state index contributed by atoms with van der Waals surface area (Å²) in [6.45, 7) is 15.8. The second-order valence-electron chi connectivity index (χ2n) is 10.5. The summed E-state index contributed by atoms with van der Waals surface area (Å²) < 4.78 is 5.43. The molecule has 8 nitrogen and oxygen atoms in total. The van der Waals surface area contributed by atoms with Crippen molar-refractivity contribution in [2.45, 2.75) is 105 Å². The minimum atomic E-state index is -0.896. The van der Waals surface area contributed by atoms with E-state index < -0.39 is 23.8 Å². The van der Waals surface area contributed by atoms with E-state index in [1.165, 1.54) is 0 Å². The van der Waals surface area contributed by atoms with E-state index in [1.807, 2.05) is 27.7 Å². The first-order valence-corrected chi connectivity index (χ1v) is 13.2. The first kappa shape index (κ1) is 31.3. The number of unbranched alkanes of at least 4 members (excludes halogenated alkanes) is 2. The number of aryl methyl sites for hydroxylation is 1. The van der Waals surface area contributed by atoms with E-state index in [4.69, 9.17) is 4.74 Å². The lowest BCUT2D eigenvalue weighted by Gasteiger charge is -2.36. The van der Waals surface area contributed by atoms with Crippen molar-refractivity contribution in [3.05, 3.63) is 29.3 Å². The van der Waals surface area contributed by atoms with Crippen molar-refractivity contribution in [3.63, 3.8) is 0 Å². The number of amides is 3. The summed E-state index contributed by atoms with van der Waals surface area (Å²) in [5.41, 5.74) is 0.524. The maximum atomic E-state index is 14.1. The predicted molar refractivity (Wildman–Crippen MR) is 143 cm³/mol. The van der Waals surface area contributed by atoms with E-state index in [0.29, 0.717) is 37.1 Å². The molecule has 0 aliphatic heterocycles. The van der Waals surface area contributed by atoms with Gasteiger partial charge < -0.3 is 25.4 Å². The van der Waals surface area contributed by atoms with Crippen LogP contribution in [0.4, 0.5) is 4.79 Å². The second-order valence-corrected chi connectivity index (χ2v) is 10.5. The summed E-state index contributed by atoms with van der Waals surface area (Å²) >= 11 is 0. The molecular weight excluding hydrogens is 458 g/mol. The molecule has 0 fully saturated rings. The third-order valence-electron chi connectivity index (χ3n) is 6.11. The van der Waals surface area contributed by atoms with Crippen molar-refractivity contribution < 1.29 is 24.2 Å². The van der Waals surface area contributed by atoms with Gasteiger partial charge in [-0.2, -0.15) is 0 Å². The van der Waals surface area contributed by atoms with Crippen LogP contribution in [0.1, 0.15) is 97.7 Å². The fourth-order valence-corrected chi connectivity index (χ4v) is 3.80.